The Morgan fingerprint density at radius 1 is 0.900 bits per heavy atom. The smallest absolute Gasteiger partial charge is 0.262 e. The molecule has 1 saturated carbocycles. The third-order valence-electron chi connectivity index (χ3n) is 7.42. The quantitative estimate of drug-likeness (QED) is 0.281. The molecule has 0 spiro atoms. The highest BCUT2D eigenvalue weighted by Gasteiger charge is 2.43. The summed E-state index contributed by atoms with van der Waals surface area (Å²) < 4.78 is 1.000. The number of hydrogen-bond acceptors (Lipinski definition) is 5. The van der Waals surface area contributed by atoms with Gasteiger partial charge in [-0.25, -0.2) is 0 Å². The van der Waals surface area contributed by atoms with Gasteiger partial charge in [-0.3, -0.25) is 19.2 Å². The van der Waals surface area contributed by atoms with Gasteiger partial charge in [0.25, 0.3) is 5.91 Å². The van der Waals surface area contributed by atoms with E-state index in [0.717, 1.165) is 34.9 Å². The van der Waals surface area contributed by atoms with E-state index >= 15 is 0 Å². The molecule has 1 aliphatic rings. The highest BCUT2D eigenvalue weighted by molar-refractivity contribution is 7.20. The van der Waals surface area contributed by atoms with Crippen LogP contribution in [-0.2, 0) is 20.8 Å². The molecule has 8 nitrogen and oxygen atoms in total. The van der Waals surface area contributed by atoms with Gasteiger partial charge < -0.3 is 21.7 Å². The molecular formula is C31H38N4O4S. The van der Waals surface area contributed by atoms with Gasteiger partial charge in [-0.05, 0) is 48.3 Å². The van der Waals surface area contributed by atoms with E-state index in [1.165, 1.54) is 11.3 Å². The first-order chi connectivity index (χ1) is 19.2. The van der Waals surface area contributed by atoms with Gasteiger partial charge >= 0.3 is 0 Å². The molecule has 0 saturated heterocycles. The Kier molecular flexibility index (Phi) is 9.58. The second kappa shape index (κ2) is 13.1. The number of primary amides is 1. The number of amides is 4. The first-order valence-corrected chi connectivity index (χ1v) is 14.7. The molecule has 3 aromatic rings. The van der Waals surface area contributed by atoms with Crippen LogP contribution < -0.4 is 21.7 Å². The molecule has 1 fully saturated rings. The zero-order chi connectivity index (χ0) is 28.7. The number of rotatable bonds is 11. The van der Waals surface area contributed by atoms with Crippen molar-refractivity contribution in [1.82, 2.24) is 16.0 Å². The molecule has 9 heteroatoms. The molecule has 1 aromatic heterocycles. The lowest BCUT2D eigenvalue weighted by Gasteiger charge is -2.37. The molecule has 0 aliphatic heterocycles. The molecule has 0 radical (unpaired) electrons. The first-order valence-electron chi connectivity index (χ1n) is 13.9. The molecule has 5 N–H and O–H groups in total. The summed E-state index contributed by atoms with van der Waals surface area (Å²) in [5.41, 5.74) is 5.29. The minimum absolute atomic E-state index is 0.134. The van der Waals surface area contributed by atoms with Crippen molar-refractivity contribution in [2.45, 2.75) is 76.4 Å². The van der Waals surface area contributed by atoms with E-state index in [1.807, 2.05) is 74.5 Å². The van der Waals surface area contributed by atoms with E-state index in [9.17, 15) is 19.2 Å². The fourth-order valence-corrected chi connectivity index (χ4v) is 6.24. The topological polar surface area (TPSA) is 130 Å². The number of nitrogens with one attached hydrogen (secondary N) is 3. The van der Waals surface area contributed by atoms with Crippen LogP contribution in [0.4, 0.5) is 0 Å². The SMILES string of the molecule is CC(C)C[C@@H](NC(=O)[C@@H](Cc1ccccc1)NC(=O)C1(NC(=O)c2cc3ccccc3s2)CCCCC1)C(N)=O. The van der Waals surface area contributed by atoms with Crippen LogP contribution in [0.3, 0.4) is 0 Å². The molecule has 1 aliphatic carbocycles. The Hall–Kier alpha value is -3.72. The van der Waals surface area contributed by atoms with E-state index in [2.05, 4.69) is 16.0 Å². The van der Waals surface area contributed by atoms with Crippen molar-refractivity contribution in [1.29, 1.82) is 0 Å². The molecule has 4 rings (SSSR count). The number of thiophene rings is 1. The van der Waals surface area contributed by atoms with Gasteiger partial charge in [0.15, 0.2) is 0 Å². The Balaban J connectivity index is 1.57. The number of carbonyl (C=O) groups is 4. The number of fused-ring (bicyclic) bond motifs is 1. The van der Waals surface area contributed by atoms with Crippen molar-refractivity contribution >= 4 is 45.1 Å². The van der Waals surface area contributed by atoms with E-state index in [1.54, 1.807) is 0 Å². The summed E-state index contributed by atoms with van der Waals surface area (Å²) in [6, 6.07) is 17.2. The normalized spacial score (nSPS) is 16.2. The average Bonchev–Trinajstić information content (AvgIpc) is 3.38. The van der Waals surface area contributed by atoms with E-state index in [4.69, 9.17) is 5.73 Å². The van der Waals surface area contributed by atoms with Crippen molar-refractivity contribution in [2.24, 2.45) is 11.7 Å². The monoisotopic (exact) mass is 562 g/mol. The van der Waals surface area contributed by atoms with Crippen LogP contribution in [-0.4, -0.2) is 41.3 Å². The largest absolute Gasteiger partial charge is 0.368 e. The summed E-state index contributed by atoms with van der Waals surface area (Å²) in [7, 11) is 0. The molecule has 40 heavy (non-hydrogen) atoms. The predicted octanol–water partition coefficient (Wildman–Crippen LogP) is 4.08. The second-order valence-electron chi connectivity index (χ2n) is 11.1. The first kappa shape index (κ1) is 29.3. The molecule has 4 amide bonds. The van der Waals surface area contributed by atoms with Crippen LogP contribution in [0.15, 0.2) is 60.7 Å². The van der Waals surface area contributed by atoms with Gasteiger partial charge in [0.2, 0.25) is 17.7 Å². The maximum absolute atomic E-state index is 14.0. The Bertz CT molecular complexity index is 1310. The molecule has 1 heterocycles. The number of hydrogen-bond donors (Lipinski definition) is 4. The minimum atomic E-state index is -1.14. The van der Waals surface area contributed by atoms with Crippen molar-refractivity contribution in [3.8, 4) is 0 Å². The molecule has 0 bridgehead atoms. The number of carbonyl (C=O) groups excluding carboxylic acids is 4. The summed E-state index contributed by atoms with van der Waals surface area (Å²) in [6.07, 6.45) is 4.12. The van der Waals surface area contributed by atoms with Gasteiger partial charge in [0.05, 0.1) is 4.88 Å². The summed E-state index contributed by atoms with van der Waals surface area (Å²) in [6.45, 7) is 3.88. The summed E-state index contributed by atoms with van der Waals surface area (Å²) in [5, 5.41) is 9.73. The summed E-state index contributed by atoms with van der Waals surface area (Å²) >= 11 is 1.39. The zero-order valence-corrected chi connectivity index (χ0v) is 23.9. The van der Waals surface area contributed by atoms with Crippen molar-refractivity contribution in [3.63, 3.8) is 0 Å². The molecular weight excluding hydrogens is 524 g/mol. The average molecular weight is 563 g/mol. The predicted molar refractivity (Wildman–Crippen MR) is 158 cm³/mol. The van der Waals surface area contributed by atoms with Crippen LogP contribution in [0.2, 0.25) is 0 Å². The molecule has 2 aromatic carbocycles. The summed E-state index contributed by atoms with van der Waals surface area (Å²) in [4.78, 5) is 53.5. The van der Waals surface area contributed by atoms with Gasteiger partial charge in [-0.15, -0.1) is 11.3 Å². The van der Waals surface area contributed by atoms with Crippen LogP contribution in [0.25, 0.3) is 10.1 Å². The molecule has 212 valence electrons. The number of benzene rings is 2. The van der Waals surface area contributed by atoms with Gasteiger partial charge in [-0.1, -0.05) is 81.6 Å². The van der Waals surface area contributed by atoms with Gasteiger partial charge in [-0.2, -0.15) is 0 Å². The van der Waals surface area contributed by atoms with Gasteiger partial charge in [0, 0.05) is 11.1 Å². The maximum atomic E-state index is 14.0. The zero-order valence-electron chi connectivity index (χ0n) is 23.1. The Labute approximate surface area is 239 Å². The number of nitrogens with two attached hydrogens (primary N) is 1. The third-order valence-corrected chi connectivity index (χ3v) is 8.53. The van der Waals surface area contributed by atoms with Crippen LogP contribution >= 0.6 is 11.3 Å². The Morgan fingerprint density at radius 2 is 1.57 bits per heavy atom. The summed E-state index contributed by atoms with van der Waals surface area (Å²) in [5.74, 6) is -1.66. The maximum Gasteiger partial charge on any atom is 0.262 e. The highest BCUT2D eigenvalue weighted by Crippen LogP contribution is 2.31. The lowest BCUT2D eigenvalue weighted by Crippen LogP contribution is -2.63. The van der Waals surface area contributed by atoms with Crippen molar-refractivity contribution in [3.05, 3.63) is 71.1 Å². The van der Waals surface area contributed by atoms with E-state index in [-0.39, 0.29) is 18.2 Å². The van der Waals surface area contributed by atoms with Crippen LogP contribution in [0, 0.1) is 5.92 Å². The molecule has 2 atom stereocenters. The fraction of sp³-hybridized carbons (Fsp3) is 0.419. The lowest BCUT2D eigenvalue weighted by molar-refractivity contribution is -0.134. The third kappa shape index (κ3) is 7.27. The van der Waals surface area contributed by atoms with E-state index in [0.29, 0.717) is 24.1 Å². The van der Waals surface area contributed by atoms with Gasteiger partial charge in [0.1, 0.15) is 17.6 Å². The van der Waals surface area contributed by atoms with E-state index < -0.39 is 35.3 Å². The molecule has 0 unspecified atom stereocenters. The Morgan fingerprint density at radius 3 is 2.23 bits per heavy atom. The standard InChI is InChI=1S/C31H38N4O4S/c1-20(2)17-23(27(32)36)33-28(37)24(18-21-11-5-3-6-12-21)34-30(39)31(15-9-4-10-16-31)35-29(38)26-19-22-13-7-8-14-25(22)40-26/h3,5-8,11-14,19-20,23-24H,4,9-10,15-18H2,1-2H3,(H2,32,36)(H,33,37)(H,34,39)(H,35,38)/t23-,24-/m1/s1. The fourth-order valence-electron chi connectivity index (χ4n) is 5.28. The lowest BCUT2D eigenvalue weighted by atomic mass is 9.80. The highest BCUT2D eigenvalue weighted by atomic mass is 32.1. The van der Waals surface area contributed by atoms with Crippen molar-refractivity contribution in [2.75, 3.05) is 0 Å². The van der Waals surface area contributed by atoms with Crippen LogP contribution in [0.1, 0.15) is 67.6 Å². The van der Waals surface area contributed by atoms with Crippen LogP contribution in [0.5, 0.6) is 0 Å². The second-order valence-corrected chi connectivity index (χ2v) is 12.1. The minimum Gasteiger partial charge on any atom is -0.368 e. The van der Waals surface area contributed by atoms with Crippen molar-refractivity contribution < 1.29 is 19.2 Å².